The molecule has 0 saturated heterocycles. The molecule has 0 aromatic carbocycles. The van der Waals surface area contributed by atoms with E-state index in [4.69, 9.17) is 0 Å². The lowest BCUT2D eigenvalue weighted by Gasteiger charge is -2.06. The van der Waals surface area contributed by atoms with Crippen LogP contribution in [0.3, 0.4) is 0 Å². The Morgan fingerprint density at radius 1 is 0.650 bits per heavy atom. The van der Waals surface area contributed by atoms with Crippen LogP contribution >= 0.6 is 0 Å². The van der Waals surface area contributed by atoms with E-state index in [1.54, 1.807) is 0 Å². The highest BCUT2D eigenvalue weighted by Crippen LogP contribution is 2.15. The molecule has 0 spiro atoms. The fraction of sp³-hybridized carbons (Fsp3) is 0.900. The van der Waals surface area contributed by atoms with Crippen LogP contribution in [0.15, 0.2) is 12.2 Å². The Morgan fingerprint density at radius 3 is 1.45 bits per heavy atom. The zero-order chi connectivity index (χ0) is 14.9. The standard InChI is InChI=1S/C20H40/c1-4-6-7-8-9-10-11-12-13-14-15-16-17-19-20(3)18-5-2/h5,18,20H,4,6-17,19H2,1-3H3. The van der Waals surface area contributed by atoms with Gasteiger partial charge in [-0.05, 0) is 19.3 Å². The van der Waals surface area contributed by atoms with Gasteiger partial charge in [0.2, 0.25) is 0 Å². The Bertz CT molecular complexity index is 192. The molecular formula is C20H40. The zero-order valence-corrected chi connectivity index (χ0v) is 14.6. The first kappa shape index (κ1) is 19.7. The third-order valence-corrected chi connectivity index (χ3v) is 4.28. The second-order valence-corrected chi connectivity index (χ2v) is 6.53. The summed E-state index contributed by atoms with van der Waals surface area (Å²) < 4.78 is 0. The smallest absolute Gasteiger partial charge is 0.0262 e. The Labute approximate surface area is 129 Å². The number of unbranched alkanes of at least 4 members (excludes halogenated alkanes) is 12. The quantitative estimate of drug-likeness (QED) is 0.213. The minimum Gasteiger partial charge on any atom is -0.0914 e. The van der Waals surface area contributed by atoms with Crippen molar-refractivity contribution in [3.05, 3.63) is 12.2 Å². The fourth-order valence-electron chi connectivity index (χ4n) is 2.91. The van der Waals surface area contributed by atoms with Gasteiger partial charge in [-0.3, -0.25) is 0 Å². The first-order valence-electron chi connectivity index (χ1n) is 9.44. The summed E-state index contributed by atoms with van der Waals surface area (Å²) in [4.78, 5) is 0. The van der Waals surface area contributed by atoms with Crippen LogP contribution in [0.1, 0.15) is 111 Å². The third kappa shape index (κ3) is 15.8. The van der Waals surface area contributed by atoms with Gasteiger partial charge in [0.15, 0.2) is 0 Å². The molecule has 0 radical (unpaired) electrons. The third-order valence-electron chi connectivity index (χ3n) is 4.28. The number of hydrogen-bond donors (Lipinski definition) is 0. The van der Waals surface area contributed by atoms with Crippen molar-refractivity contribution in [2.24, 2.45) is 5.92 Å². The molecule has 0 aliphatic rings. The molecule has 1 unspecified atom stereocenters. The first-order chi connectivity index (χ1) is 9.81. The van der Waals surface area contributed by atoms with E-state index in [9.17, 15) is 0 Å². The van der Waals surface area contributed by atoms with Gasteiger partial charge >= 0.3 is 0 Å². The van der Waals surface area contributed by atoms with E-state index in [0.717, 1.165) is 5.92 Å². The lowest BCUT2D eigenvalue weighted by Crippen LogP contribution is -1.89. The van der Waals surface area contributed by atoms with Crippen LogP contribution in [-0.2, 0) is 0 Å². The SMILES string of the molecule is CC=CC(C)CCCCCCCCCCCCCCC. The maximum absolute atomic E-state index is 2.33. The van der Waals surface area contributed by atoms with Gasteiger partial charge in [0, 0.05) is 0 Å². The summed E-state index contributed by atoms with van der Waals surface area (Å²) in [6, 6.07) is 0. The minimum absolute atomic E-state index is 0.785. The molecule has 0 aliphatic heterocycles. The van der Waals surface area contributed by atoms with Gasteiger partial charge in [-0.2, -0.15) is 0 Å². The number of hydrogen-bond acceptors (Lipinski definition) is 0. The maximum Gasteiger partial charge on any atom is -0.0262 e. The molecule has 0 heteroatoms. The lowest BCUT2D eigenvalue weighted by molar-refractivity contribution is 0.520. The van der Waals surface area contributed by atoms with Gasteiger partial charge in [-0.15, -0.1) is 0 Å². The first-order valence-corrected chi connectivity index (χ1v) is 9.44. The van der Waals surface area contributed by atoms with E-state index < -0.39 is 0 Å². The molecular weight excluding hydrogens is 240 g/mol. The monoisotopic (exact) mass is 280 g/mol. The van der Waals surface area contributed by atoms with Crippen molar-refractivity contribution in [3.63, 3.8) is 0 Å². The summed E-state index contributed by atoms with van der Waals surface area (Å²) in [5.41, 5.74) is 0. The average molecular weight is 281 g/mol. The van der Waals surface area contributed by atoms with Gasteiger partial charge in [-0.1, -0.05) is 109 Å². The van der Waals surface area contributed by atoms with Crippen molar-refractivity contribution in [2.45, 2.75) is 111 Å². The van der Waals surface area contributed by atoms with Crippen LogP contribution in [0.4, 0.5) is 0 Å². The number of allylic oxidation sites excluding steroid dienone is 2. The highest BCUT2D eigenvalue weighted by molar-refractivity contribution is 4.82. The summed E-state index contributed by atoms with van der Waals surface area (Å²) >= 11 is 0. The summed E-state index contributed by atoms with van der Waals surface area (Å²) in [5, 5.41) is 0. The molecule has 0 aromatic rings. The molecule has 0 rings (SSSR count). The predicted octanol–water partition coefficient (Wildman–Crippen LogP) is 7.68. The molecule has 0 amide bonds. The van der Waals surface area contributed by atoms with Crippen LogP contribution in [0.5, 0.6) is 0 Å². The minimum atomic E-state index is 0.785. The van der Waals surface area contributed by atoms with Gasteiger partial charge in [0.25, 0.3) is 0 Å². The molecule has 20 heavy (non-hydrogen) atoms. The molecule has 1 atom stereocenters. The molecule has 0 aliphatic carbocycles. The van der Waals surface area contributed by atoms with E-state index >= 15 is 0 Å². The van der Waals surface area contributed by atoms with E-state index in [0.29, 0.717) is 0 Å². The van der Waals surface area contributed by atoms with E-state index in [1.165, 1.54) is 89.9 Å². The Balaban J connectivity index is 3.02. The molecule has 0 fully saturated rings. The zero-order valence-electron chi connectivity index (χ0n) is 14.6. The predicted molar refractivity (Wildman–Crippen MR) is 94.3 cm³/mol. The second-order valence-electron chi connectivity index (χ2n) is 6.53. The molecule has 0 nitrogen and oxygen atoms in total. The number of rotatable bonds is 15. The molecule has 0 saturated carbocycles. The van der Waals surface area contributed by atoms with Crippen molar-refractivity contribution >= 4 is 0 Å². The van der Waals surface area contributed by atoms with Crippen molar-refractivity contribution in [3.8, 4) is 0 Å². The van der Waals surface area contributed by atoms with Gasteiger partial charge in [0.1, 0.15) is 0 Å². The van der Waals surface area contributed by atoms with E-state index in [1.807, 2.05) is 0 Å². The second kappa shape index (κ2) is 16.8. The molecule has 0 heterocycles. The van der Waals surface area contributed by atoms with Crippen LogP contribution in [0, 0.1) is 5.92 Å². The van der Waals surface area contributed by atoms with Crippen LogP contribution in [-0.4, -0.2) is 0 Å². The Morgan fingerprint density at radius 2 is 1.05 bits per heavy atom. The summed E-state index contributed by atoms with van der Waals surface area (Å²) in [6.07, 6.45) is 24.8. The van der Waals surface area contributed by atoms with Gasteiger partial charge in [0.05, 0.1) is 0 Å². The summed E-state index contributed by atoms with van der Waals surface area (Å²) in [5.74, 6) is 0.785. The van der Waals surface area contributed by atoms with E-state index in [2.05, 4.69) is 32.9 Å². The Kier molecular flexibility index (Phi) is 16.6. The normalized spacial score (nSPS) is 13.2. The van der Waals surface area contributed by atoms with Crippen LogP contribution in [0.25, 0.3) is 0 Å². The maximum atomic E-state index is 2.33. The van der Waals surface area contributed by atoms with E-state index in [-0.39, 0.29) is 0 Å². The lowest BCUT2D eigenvalue weighted by atomic mass is 10.0. The summed E-state index contributed by atoms with van der Waals surface area (Å²) in [6.45, 7) is 6.75. The Hall–Kier alpha value is -0.260. The van der Waals surface area contributed by atoms with Crippen LogP contribution < -0.4 is 0 Å². The highest BCUT2D eigenvalue weighted by atomic mass is 14.0. The summed E-state index contributed by atoms with van der Waals surface area (Å²) in [7, 11) is 0. The highest BCUT2D eigenvalue weighted by Gasteiger charge is 1.97. The molecule has 120 valence electrons. The van der Waals surface area contributed by atoms with Gasteiger partial charge in [-0.25, -0.2) is 0 Å². The molecule has 0 bridgehead atoms. The van der Waals surface area contributed by atoms with Crippen molar-refractivity contribution in [1.82, 2.24) is 0 Å². The molecule has 0 aromatic heterocycles. The van der Waals surface area contributed by atoms with Crippen molar-refractivity contribution in [2.75, 3.05) is 0 Å². The van der Waals surface area contributed by atoms with Crippen molar-refractivity contribution < 1.29 is 0 Å². The largest absolute Gasteiger partial charge is 0.0914 e. The van der Waals surface area contributed by atoms with Crippen LogP contribution in [0.2, 0.25) is 0 Å². The average Bonchev–Trinajstić information content (AvgIpc) is 2.44. The molecule has 0 N–H and O–H groups in total. The van der Waals surface area contributed by atoms with Gasteiger partial charge < -0.3 is 0 Å². The fourth-order valence-corrected chi connectivity index (χ4v) is 2.91. The van der Waals surface area contributed by atoms with Crippen molar-refractivity contribution in [1.29, 1.82) is 0 Å². The topological polar surface area (TPSA) is 0 Å².